The molecule has 0 radical (unpaired) electrons. The molecule has 0 fully saturated rings. The lowest BCUT2D eigenvalue weighted by Gasteiger charge is -2.34. The molecule has 0 aliphatic heterocycles. The molecule has 3 aromatic carbocycles. The number of nitrogens with one attached hydrogen (secondary N) is 1. The van der Waals surface area contributed by atoms with Gasteiger partial charge >= 0.3 is 0 Å². The van der Waals surface area contributed by atoms with Gasteiger partial charge < -0.3 is 20.5 Å². The number of carbonyl (C=O) groups excluding carboxylic acids is 1. The molecule has 0 aliphatic rings. The lowest BCUT2D eigenvalue weighted by atomic mass is 9.76. The monoisotopic (exact) mass is 499 g/mol. The van der Waals surface area contributed by atoms with E-state index in [2.05, 4.69) is 33.0 Å². The first-order valence-corrected chi connectivity index (χ1v) is 12.5. The van der Waals surface area contributed by atoms with Crippen molar-refractivity contribution in [2.75, 3.05) is 13.2 Å². The van der Waals surface area contributed by atoms with E-state index in [1.807, 2.05) is 54.6 Å². The van der Waals surface area contributed by atoms with E-state index < -0.39 is 0 Å². The van der Waals surface area contributed by atoms with Crippen molar-refractivity contribution < 1.29 is 14.3 Å². The molecule has 0 saturated carbocycles. The topological polar surface area (TPSA) is 97.4 Å². The minimum absolute atomic E-state index is 0.0314. The van der Waals surface area contributed by atoms with Gasteiger partial charge in [-0.15, -0.1) is 0 Å². The number of amides is 1. The van der Waals surface area contributed by atoms with E-state index in [1.54, 1.807) is 24.3 Å². The average molecular weight is 500 g/mol. The zero-order valence-electron chi connectivity index (χ0n) is 22.2. The van der Waals surface area contributed by atoms with Crippen LogP contribution in [0, 0.1) is 22.2 Å². The predicted octanol–water partition coefficient (Wildman–Crippen LogP) is 5.85. The molecule has 3 aromatic rings. The van der Waals surface area contributed by atoms with Crippen LogP contribution in [-0.4, -0.2) is 19.1 Å². The Balaban J connectivity index is 1.44. The second kappa shape index (κ2) is 12.4. The molecule has 0 unspecified atom stereocenters. The van der Waals surface area contributed by atoms with Gasteiger partial charge in [-0.1, -0.05) is 52.0 Å². The fraction of sp³-hybridized carbons (Fsp3) is 0.355. The van der Waals surface area contributed by atoms with Crippen molar-refractivity contribution in [1.82, 2.24) is 5.32 Å². The number of nitriles is 1. The highest BCUT2D eigenvalue weighted by Gasteiger charge is 2.30. The van der Waals surface area contributed by atoms with E-state index in [1.165, 1.54) is 0 Å². The van der Waals surface area contributed by atoms with Crippen LogP contribution in [0.3, 0.4) is 0 Å². The van der Waals surface area contributed by atoms with Gasteiger partial charge in [0.15, 0.2) is 0 Å². The van der Waals surface area contributed by atoms with Crippen molar-refractivity contribution >= 4 is 5.91 Å². The number of nitrogens with two attached hydrogens (primary N) is 1. The maximum Gasteiger partial charge on any atom is 0.251 e. The normalized spacial score (nSPS) is 11.5. The number of hydrogen-bond donors (Lipinski definition) is 2. The molecule has 0 saturated heterocycles. The highest BCUT2D eigenvalue weighted by Crippen LogP contribution is 2.35. The fourth-order valence-electron chi connectivity index (χ4n) is 4.36. The highest BCUT2D eigenvalue weighted by atomic mass is 16.5. The molecule has 0 heterocycles. The minimum atomic E-state index is -0.175. The summed E-state index contributed by atoms with van der Waals surface area (Å²) in [5.41, 5.74) is 8.71. The summed E-state index contributed by atoms with van der Waals surface area (Å²) in [6.45, 7) is 11.0. The number of rotatable bonds is 12. The molecule has 3 N–H and O–H groups in total. The maximum absolute atomic E-state index is 12.3. The Labute approximate surface area is 220 Å². The van der Waals surface area contributed by atoms with Gasteiger partial charge in [-0.2, -0.15) is 5.26 Å². The second-order valence-corrected chi connectivity index (χ2v) is 10.9. The summed E-state index contributed by atoms with van der Waals surface area (Å²) in [7, 11) is 0. The number of nitrogens with zero attached hydrogens (tertiary/aromatic N) is 1. The van der Waals surface area contributed by atoms with Crippen LogP contribution in [0.25, 0.3) is 0 Å². The third kappa shape index (κ3) is 8.96. The SMILES string of the molecule is CC(C)(COc1ccc(CN)cc1)CC(C)(C)COc1ccc(CNC(=O)c2ccc(C#N)cc2)cc1. The van der Waals surface area contributed by atoms with Gasteiger partial charge in [0.1, 0.15) is 11.5 Å². The molecule has 3 rings (SSSR count). The Kier molecular flexibility index (Phi) is 9.32. The average Bonchev–Trinajstić information content (AvgIpc) is 2.90. The Morgan fingerprint density at radius 3 is 1.76 bits per heavy atom. The van der Waals surface area contributed by atoms with Crippen molar-refractivity contribution in [3.63, 3.8) is 0 Å². The van der Waals surface area contributed by atoms with Gasteiger partial charge in [0.2, 0.25) is 0 Å². The maximum atomic E-state index is 12.3. The van der Waals surface area contributed by atoms with E-state index in [-0.39, 0.29) is 16.7 Å². The van der Waals surface area contributed by atoms with E-state index in [4.69, 9.17) is 20.5 Å². The molecular formula is C31H37N3O3. The van der Waals surface area contributed by atoms with E-state index >= 15 is 0 Å². The van der Waals surface area contributed by atoms with Gasteiger partial charge in [-0.05, 0) is 76.9 Å². The summed E-state index contributed by atoms with van der Waals surface area (Å²) in [4.78, 5) is 12.3. The number of benzene rings is 3. The van der Waals surface area contributed by atoms with Gasteiger partial charge in [-0.25, -0.2) is 0 Å². The third-order valence-corrected chi connectivity index (χ3v) is 6.03. The molecule has 1 amide bonds. The Hall–Kier alpha value is -3.82. The third-order valence-electron chi connectivity index (χ3n) is 6.03. The Morgan fingerprint density at radius 1 is 0.811 bits per heavy atom. The summed E-state index contributed by atoms with van der Waals surface area (Å²) in [6.07, 6.45) is 0.931. The van der Waals surface area contributed by atoms with Crippen LogP contribution in [0.5, 0.6) is 11.5 Å². The largest absolute Gasteiger partial charge is 0.493 e. The Bertz CT molecular complexity index is 1190. The second-order valence-electron chi connectivity index (χ2n) is 10.9. The Morgan fingerprint density at radius 2 is 1.30 bits per heavy atom. The quantitative estimate of drug-likeness (QED) is 0.326. The lowest BCUT2D eigenvalue weighted by molar-refractivity contribution is 0.0815. The van der Waals surface area contributed by atoms with Gasteiger partial charge in [0, 0.05) is 18.7 Å². The molecule has 37 heavy (non-hydrogen) atoms. The van der Waals surface area contributed by atoms with E-state index in [0.29, 0.717) is 37.4 Å². The van der Waals surface area contributed by atoms with E-state index in [0.717, 1.165) is 29.0 Å². The van der Waals surface area contributed by atoms with Crippen molar-refractivity contribution in [1.29, 1.82) is 5.26 Å². The van der Waals surface area contributed by atoms with Crippen LogP contribution >= 0.6 is 0 Å². The molecule has 6 nitrogen and oxygen atoms in total. The predicted molar refractivity (Wildman–Crippen MR) is 146 cm³/mol. The van der Waals surface area contributed by atoms with Crippen molar-refractivity contribution in [3.05, 3.63) is 95.1 Å². The molecule has 0 bridgehead atoms. The highest BCUT2D eigenvalue weighted by molar-refractivity contribution is 5.94. The van der Waals surface area contributed by atoms with Crippen LogP contribution in [0.4, 0.5) is 0 Å². The van der Waals surface area contributed by atoms with Crippen LogP contribution in [-0.2, 0) is 13.1 Å². The van der Waals surface area contributed by atoms with Crippen molar-refractivity contribution in [2.24, 2.45) is 16.6 Å². The summed E-state index contributed by atoms with van der Waals surface area (Å²) in [5, 5.41) is 11.8. The molecule has 6 heteroatoms. The van der Waals surface area contributed by atoms with Crippen molar-refractivity contribution in [3.8, 4) is 17.6 Å². The number of hydrogen-bond acceptors (Lipinski definition) is 5. The summed E-state index contributed by atoms with van der Waals surface area (Å²) < 4.78 is 12.2. The first-order valence-electron chi connectivity index (χ1n) is 12.5. The first kappa shape index (κ1) is 27.8. The molecule has 0 aliphatic carbocycles. The summed E-state index contributed by atoms with van der Waals surface area (Å²) in [6, 6.07) is 24.3. The smallest absolute Gasteiger partial charge is 0.251 e. The number of ether oxygens (including phenoxy) is 2. The fourth-order valence-corrected chi connectivity index (χ4v) is 4.36. The summed E-state index contributed by atoms with van der Waals surface area (Å²) >= 11 is 0. The molecular weight excluding hydrogens is 462 g/mol. The standard InChI is InChI=1S/C31H37N3O3/c1-30(2,21-36-27-13-7-24(18-33)8-14-27)20-31(3,4)22-37-28-15-9-25(10-16-28)19-34-29(35)26-11-5-23(17-32)6-12-26/h5-16H,18-22,33H2,1-4H3,(H,34,35). The zero-order chi connectivity index (χ0) is 26.9. The van der Waals surface area contributed by atoms with E-state index in [9.17, 15) is 4.79 Å². The van der Waals surface area contributed by atoms with Gasteiger partial charge in [0.25, 0.3) is 5.91 Å². The number of carbonyl (C=O) groups is 1. The lowest BCUT2D eigenvalue weighted by Crippen LogP contribution is -2.32. The molecule has 0 atom stereocenters. The molecule has 194 valence electrons. The molecule has 0 spiro atoms. The van der Waals surface area contributed by atoms with Crippen LogP contribution in [0.2, 0.25) is 0 Å². The van der Waals surface area contributed by atoms with Crippen LogP contribution in [0.15, 0.2) is 72.8 Å². The summed E-state index contributed by atoms with van der Waals surface area (Å²) in [5.74, 6) is 1.47. The van der Waals surface area contributed by atoms with Crippen LogP contribution < -0.4 is 20.5 Å². The molecule has 0 aromatic heterocycles. The minimum Gasteiger partial charge on any atom is -0.493 e. The van der Waals surface area contributed by atoms with Gasteiger partial charge in [-0.3, -0.25) is 4.79 Å². The van der Waals surface area contributed by atoms with Gasteiger partial charge in [0.05, 0.1) is 24.8 Å². The zero-order valence-corrected chi connectivity index (χ0v) is 22.2. The first-order chi connectivity index (χ1) is 17.6. The van der Waals surface area contributed by atoms with Crippen LogP contribution in [0.1, 0.15) is 61.2 Å². The van der Waals surface area contributed by atoms with Crippen molar-refractivity contribution in [2.45, 2.75) is 47.2 Å².